The molecule has 1 aliphatic carbocycles. The number of carbonyl (C=O) groups is 1. The summed E-state index contributed by atoms with van der Waals surface area (Å²) in [5.41, 5.74) is 3.93. The molecule has 2 nitrogen and oxygen atoms in total. The lowest BCUT2D eigenvalue weighted by atomic mass is 9.77. The van der Waals surface area contributed by atoms with Gasteiger partial charge < -0.3 is 5.11 Å². The standard InChI is InChI=1S/C26H34O2/c1-3-5-7-25(27)24-17-16-23(18-26(24)28)22-14-12-21(13-15-22)20-10-8-19(6-4-2)9-11-20/h12-20,28H,3-11H2,1-2H3. The van der Waals surface area contributed by atoms with Crippen LogP contribution in [0.3, 0.4) is 0 Å². The quantitative estimate of drug-likeness (QED) is 0.483. The number of aromatic hydroxyl groups is 1. The van der Waals surface area contributed by atoms with E-state index < -0.39 is 0 Å². The zero-order valence-corrected chi connectivity index (χ0v) is 17.4. The van der Waals surface area contributed by atoms with Crippen LogP contribution in [-0.4, -0.2) is 10.9 Å². The zero-order chi connectivity index (χ0) is 19.9. The van der Waals surface area contributed by atoms with Crippen LogP contribution in [-0.2, 0) is 0 Å². The first-order chi connectivity index (χ1) is 13.6. The van der Waals surface area contributed by atoms with Crippen molar-refractivity contribution in [2.75, 3.05) is 0 Å². The molecule has 0 spiro atoms. The van der Waals surface area contributed by atoms with Crippen molar-refractivity contribution in [3.8, 4) is 16.9 Å². The van der Waals surface area contributed by atoms with E-state index in [1.165, 1.54) is 44.1 Å². The summed E-state index contributed by atoms with van der Waals surface area (Å²) in [6, 6.07) is 14.2. The summed E-state index contributed by atoms with van der Waals surface area (Å²) in [5, 5.41) is 10.3. The first-order valence-corrected chi connectivity index (χ1v) is 11.1. The molecule has 0 aliphatic heterocycles. The second-order valence-electron chi connectivity index (χ2n) is 8.39. The number of benzene rings is 2. The maximum atomic E-state index is 12.2. The molecule has 2 aromatic rings. The van der Waals surface area contributed by atoms with Gasteiger partial charge in [0.05, 0.1) is 5.56 Å². The Kier molecular flexibility index (Phi) is 7.30. The number of carbonyl (C=O) groups excluding carboxylic acids is 1. The van der Waals surface area contributed by atoms with Crippen LogP contribution >= 0.6 is 0 Å². The maximum Gasteiger partial charge on any atom is 0.166 e. The van der Waals surface area contributed by atoms with E-state index in [4.69, 9.17) is 0 Å². The van der Waals surface area contributed by atoms with E-state index in [9.17, 15) is 9.90 Å². The molecule has 1 saturated carbocycles. The molecule has 0 atom stereocenters. The number of ketones is 1. The number of hydrogen-bond acceptors (Lipinski definition) is 2. The van der Waals surface area contributed by atoms with Gasteiger partial charge in [0.2, 0.25) is 0 Å². The van der Waals surface area contributed by atoms with Gasteiger partial charge in [-0.05, 0) is 72.8 Å². The lowest BCUT2D eigenvalue weighted by molar-refractivity contribution is 0.0977. The van der Waals surface area contributed by atoms with Crippen molar-refractivity contribution in [1.82, 2.24) is 0 Å². The van der Waals surface area contributed by atoms with Crippen LogP contribution < -0.4 is 0 Å². The van der Waals surface area contributed by atoms with E-state index in [1.54, 1.807) is 12.1 Å². The third kappa shape index (κ3) is 5.04. The average Bonchev–Trinajstić information content (AvgIpc) is 2.73. The highest BCUT2D eigenvalue weighted by Gasteiger charge is 2.21. The van der Waals surface area contributed by atoms with Gasteiger partial charge >= 0.3 is 0 Å². The molecular formula is C26H34O2. The molecule has 2 aromatic carbocycles. The van der Waals surface area contributed by atoms with Crippen molar-refractivity contribution in [2.24, 2.45) is 5.92 Å². The van der Waals surface area contributed by atoms with Crippen molar-refractivity contribution in [1.29, 1.82) is 0 Å². The monoisotopic (exact) mass is 378 g/mol. The summed E-state index contributed by atoms with van der Waals surface area (Å²) in [6.45, 7) is 4.35. The number of Topliss-reactive ketones (excluding diaryl/α,β-unsaturated/α-hetero) is 1. The normalized spacial score (nSPS) is 19.5. The lowest BCUT2D eigenvalue weighted by Crippen LogP contribution is -2.13. The highest BCUT2D eigenvalue weighted by atomic mass is 16.3. The van der Waals surface area contributed by atoms with Crippen LogP contribution in [0.2, 0.25) is 0 Å². The van der Waals surface area contributed by atoms with Gasteiger partial charge in [-0.1, -0.05) is 63.4 Å². The van der Waals surface area contributed by atoms with E-state index in [-0.39, 0.29) is 11.5 Å². The van der Waals surface area contributed by atoms with Crippen LogP contribution in [0.15, 0.2) is 42.5 Å². The number of unbranched alkanes of at least 4 members (excludes halogenated alkanes) is 1. The fraction of sp³-hybridized carbons (Fsp3) is 0.500. The Morgan fingerprint density at radius 2 is 1.61 bits per heavy atom. The fourth-order valence-electron chi connectivity index (χ4n) is 4.56. The Hall–Kier alpha value is -2.09. The van der Waals surface area contributed by atoms with Crippen LogP contribution in [0, 0.1) is 5.92 Å². The van der Waals surface area contributed by atoms with Crippen LogP contribution in [0.4, 0.5) is 0 Å². The van der Waals surface area contributed by atoms with Gasteiger partial charge in [-0.2, -0.15) is 0 Å². The van der Waals surface area contributed by atoms with Crippen LogP contribution in [0.25, 0.3) is 11.1 Å². The first-order valence-electron chi connectivity index (χ1n) is 11.1. The topological polar surface area (TPSA) is 37.3 Å². The average molecular weight is 379 g/mol. The molecule has 0 saturated heterocycles. The van der Waals surface area contributed by atoms with Gasteiger partial charge in [-0.15, -0.1) is 0 Å². The smallest absolute Gasteiger partial charge is 0.166 e. The summed E-state index contributed by atoms with van der Waals surface area (Å²) < 4.78 is 0. The third-order valence-corrected chi connectivity index (χ3v) is 6.31. The second kappa shape index (κ2) is 9.91. The predicted octanol–water partition coefficient (Wildman–Crippen LogP) is 7.51. The Bertz CT molecular complexity index is 768. The van der Waals surface area contributed by atoms with Gasteiger partial charge in [0.1, 0.15) is 5.75 Å². The highest BCUT2D eigenvalue weighted by molar-refractivity contribution is 5.99. The summed E-state index contributed by atoms with van der Waals surface area (Å²) in [7, 11) is 0. The van der Waals surface area contributed by atoms with Gasteiger partial charge in [0.15, 0.2) is 5.78 Å². The van der Waals surface area contributed by atoms with Crippen LogP contribution in [0.5, 0.6) is 5.75 Å². The minimum absolute atomic E-state index is 0.0277. The zero-order valence-electron chi connectivity index (χ0n) is 17.4. The Balaban J connectivity index is 1.67. The maximum absolute atomic E-state index is 12.2. The van der Waals surface area contributed by atoms with Gasteiger partial charge in [0.25, 0.3) is 0 Å². The van der Waals surface area contributed by atoms with Gasteiger partial charge in [-0.3, -0.25) is 4.79 Å². The molecule has 0 heterocycles. The summed E-state index contributed by atoms with van der Waals surface area (Å²) in [6.07, 6.45) is 10.4. The van der Waals surface area contributed by atoms with Crippen molar-refractivity contribution < 1.29 is 9.90 Å². The van der Waals surface area contributed by atoms with E-state index in [0.717, 1.165) is 29.9 Å². The Labute approximate surface area is 170 Å². The van der Waals surface area contributed by atoms with Gasteiger partial charge in [0, 0.05) is 6.42 Å². The molecule has 0 bridgehead atoms. The molecule has 2 heteroatoms. The molecule has 1 N–H and O–H groups in total. The van der Waals surface area contributed by atoms with Crippen molar-refractivity contribution in [2.45, 2.75) is 77.6 Å². The summed E-state index contributed by atoms with van der Waals surface area (Å²) >= 11 is 0. The molecule has 0 unspecified atom stereocenters. The van der Waals surface area contributed by atoms with Crippen molar-refractivity contribution >= 4 is 5.78 Å². The number of rotatable bonds is 8. The van der Waals surface area contributed by atoms with E-state index in [0.29, 0.717) is 17.9 Å². The van der Waals surface area contributed by atoms with Crippen molar-refractivity contribution in [3.63, 3.8) is 0 Å². The largest absolute Gasteiger partial charge is 0.507 e. The van der Waals surface area contributed by atoms with E-state index in [1.807, 2.05) is 6.07 Å². The summed E-state index contributed by atoms with van der Waals surface area (Å²) in [5.74, 6) is 1.74. The number of phenolic OH excluding ortho intramolecular Hbond substituents is 1. The molecule has 0 radical (unpaired) electrons. The number of hydrogen-bond donors (Lipinski definition) is 1. The minimum atomic E-state index is 0.0277. The highest BCUT2D eigenvalue weighted by Crippen LogP contribution is 2.38. The van der Waals surface area contributed by atoms with Gasteiger partial charge in [-0.25, -0.2) is 0 Å². The Morgan fingerprint density at radius 1 is 0.929 bits per heavy atom. The molecule has 0 aromatic heterocycles. The Morgan fingerprint density at radius 3 is 2.21 bits per heavy atom. The van der Waals surface area contributed by atoms with Crippen molar-refractivity contribution in [3.05, 3.63) is 53.6 Å². The SMILES string of the molecule is CCCCC(=O)c1ccc(-c2ccc(C3CCC(CCC)CC3)cc2)cc1O. The lowest BCUT2D eigenvalue weighted by Gasteiger charge is -2.28. The molecule has 150 valence electrons. The third-order valence-electron chi connectivity index (χ3n) is 6.31. The fourth-order valence-corrected chi connectivity index (χ4v) is 4.56. The molecule has 28 heavy (non-hydrogen) atoms. The molecule has 3 rings (SSSR count). The predicted molar refractivity (Wildman–Crippen MR) is 117 cm³/mol. The number of phenols is 1. The summed E-state index contributed by atoms with van der Waals surface area (Å²) in [4.78, 5) is 12.2. The first kappa shape index (κ1) is 20.6. The van der Waals surface area contributed by atoms with Crippen LogP contribution in [0.1, 0.15) is 93.5 Å². The van der Waals surface area contributed by atoms with E-state index >= 15 is 0 Å². The molecule has 1 aliphatic rings. The van der Waals surface area contributed by atoms with E-state index in [2.05, 4.69) is 38.1 Å². The second-order valence-corrected chi connectivity index (χ2v) is 8.39. The molecular weight excluding hydrogens is 344 g/mol. The molecule has 0 amide bonds. The minimum Gasteiger partial charge on any atom is -0.507 e. The molecule has 1 fully saturated rings.